The molecule has 38 heavy (non-hydrogen) atoms. The van der Waals surface area contributed by atoms with Crippen LogP contribution in [-0.4, -0.2) is 74.7 Å². The Morgan fingerprint density at radius 2 is 1.95 bits per heavy atom. The van der Waals surface area contributed by atoms with Crippen molar-refractivity contribution in [3.63, 3.8) is 0 Å². The molecule has 3 rings (SSSR count). The number of carbonyl (C=O) groups excluding carboxylic acids is 1. The molecule has 0 spiro atoms. The molecule has 6 N–H and O–H groups in total. The fraction of sp³-hybridized carbons (Fsp3) is 0.357. The van der Waals surface area contributed by atoms with E-state index in [9.17, 15) is 4.79 Å². The molecule has 0 saturated carbocycles. The number of carbonyl (C=O) groups is 1. The molecule has 2 aromatic heterocycles. The highest BCUT2D eigenvalue weighted by Crippen LogP contribution is 2.26. The van der Waals surface area contributed by atoms with E-state index in [1.54, 1.807) is 19.4 Å². The first kappa shape index (κ1) is 30.7. The van der Waals surface area contributed by atoms with Crippen LogP contribution in [0.5, 0.6) is 5.75 Å². The lowest BCUT2D eigenvalue weighted by Crippen LogP contribution is -2.29. The molecule has 0 bridgehead atoms. The number of nitrogens with two attached hydrogens (primary N) is 1. The number of amides is 1. The molecule has 10 nitrogen and oxygen atoms in total. The number of hydrogen-bond acceptors (Lipinski definition) is 8. The first-order valence-corrected chi connectivity index (χ1v) is 12.1. The van der Waals surface area contributed by atoms with Gasteiger partial charge >= 0.3 is 0 Å². The molecule has 0 aliphatic heterocycles. The molecular weight excluding hydrogens is 490 g/mol. The molecule has 3 aromatic rings. The van der Waals surface area contributed by atoms with E-state index in [2.05, 4.69) is 6.58 Å². The summed E-state index contributed by atoms with van der Waals surface area (Å²) in [6.45, 7) is 6.97. The Hall–Kier alpha value is -3.54. The summed E-state index contributed by atoms with van der Waals surface area (Å²) in [4.78, 5) is 16.5. The summed E-state index contributed by atoms with van der Waals surface area (Å²) in [6, 6.07) is 9.59. The first-order chi connectivity index (χ1) is 18.1. The normalized spacial score (nSPS) is 13.6. The van der Waals surface area contributed by atoms with Gasteiger partial charge in [-0.15, -0.1) is 0 Å². The van der Waals surface area contributed by atoms with Gasteiger partial charge < -0.3 is 40.2 Å². The van der Waals surface area contributed by atoms with Crippen molar-refractivity contribution in [2.45, 2.75) is 45.3 Å². The fourth-order valence-electron chi connectivity index (χ4n) is 3.73. The van der Waals surface area contributed by atoms with Crippen LogP contribution in [-0.2, 0) is 11.3 Å². The second kappa shape index (κ2) is 15.0. The molecule has 1 amide bonds. The molecular formula is C28H37N3O7. The summed E-state index contributed by atoms with van der Waals surface area (Å²) >= 11 is 0. The smallest absolute Gasteiger partial charge is 0.250 e. The van der Waals surface area contributed by atoms with Crippen molar-refractivity contribution in [1.82, 2.24) is 9.55 Å². The maximum Gasteiger partial charge on any atom is 0.250 e. The predicted molar refractivity (Wildman–Crippen MR) is 146 cm³/mol. The van der Waals surface area contributed by atoms with Crippen LogP contribution < -0.4 is 10.5 Å². The number of hydrogen-bond donors (Lipinski definition) is 5. The lowest BCUT2D eigenvalue weighted by molar-refractivity contribution is -0.146. The Morgan fingerprint density at radius 1 is 1.21 bits per heavy atom. The predicted octanol–water partition coefficient (Wildman–Crippen LogP) is 2.15. The minimum Gasteiger partial charge on any atom is -0.497 e. The van der Waals surface area contributed by atoms with Crippen molar-refractivity contribution in [2.75, 3.05) is 20.3 Å². The van der Waals surface area contributed by atoms with E-state index in [0.29, 0.717) is 12.1 Å². The number of fused-ring (bicyclic) bond motifs is 1. The third-order valence-corrected chi connectivity index (χ3v) is 5.61. The third kappa shape index (κ3) is 8.79. The number of aliphatic hydroxyl groups is 4. The van der Waals surface area contributed by atoms with Crippen LogP contribution in [0.3, 0.4) is 0 Å². The lowest BCUT2D eigenvalue weighted by Gasteiger charge is -2.19. The zero-order chi connectivity index (χ0) is 28.2. The standard InChI is InChI=1S/C21H21N3O2.C7H16O5/c1-4-5-6-19-14(2)7-8-15(23-19)12-24-13-18(21(22)25)17-10-9-16(26-3)11-20(17)24;1-5(10)12-7(4-9)2-6(11)3-8/h4-11,13H,1,12H2,2-3H3,(H2,22,25);5-11H,2-4H2,1H3/b6-5-;. The number of aromatic nitrogens is 2. The van der Waals surface area contributed by atoms with Gasteiger partial charge in [0, 0.05) is 24.1 Å². The number of allylic oxidation sites excluding steroid dienone is 2. The van der Waals surface area contributed by atoms with E-state index in [-0.39, 0.29) is 19.6 Å². The van der Waals surface area contributed by atoms with Gasteiger partial charge in [-0.1, -0.05) is 24.8 Å². The van der Waals surface area contributed by atoms with Gasteiger partial charge in [-0.3, -0.25) is 9.78 Å². The number of pyridine rings is 1. The maximum absolute atomic E-state index is 11.8. The molecule has 10 heteroatoms. The monoisotopic (exact) mass is 527 g/mol. The minimum absolute atomic E-state index is 0.109. The van der Waals surface area contributed by atoms with Crippen LogP contribution in [0.15, 0.2) is 55.3 Å². The first-order valence-electron chi connectivity index (χ1n) is 12.1. The summed E-state index contributed by atoms with van der Waals surface area (Å²) < 4.78 is 12.1. The largest absolute Gasteiger partial charge is 0.497 e. The molecule has 0 aliphatic carbocycles. The molecule has 1 aromatic carbocycles. The molecule has 3 atom stereocenters. The number of aryl methyl sites for hydroxylation is 1. The zero-order valence-corrected chi connectivity index (χ0v) is 21.9. The summed E-state index contributed by atoms with van der Waals surface area (Å²) in [6.07, 6.45) is 4.86. The van der Waals surface area contributed by atoms with Crippen molar-refractivity contribution in [2.24, 2.45) is 5.73 Å². The summed E-state index contributed by atoms with van der Waals surface area (Å²) in [5.41, 5.74) is 9.77. The second-order valence-electron chi connectivity index (χ2n) is 8.63. The van der Waals surface area contributed by atoms with Gasteiger partial charge in [0.2, 0.25) is 0 Å². The van der Waals surface area contributed by atoms with E-state index < -0.39 is 24.4 Å². The number of ether oxygens (including phenoxy) is 2. The second-order valence-corrected chi connectivity index (χ2v) is 8.63. The highest BCUT2D eigenvalue weighted by atomic mass is 16.6. The molecule has 0 aliphatic rings. The van der Waals surface area contributed by atoms with E-state index >= 15 is 0 Å². The van der Waals surface area contributed by atoms with E-state index in [1.807, 2.05) is 54.0 Å². The molecule has 2 heterocycles. The van der Waals surface area contributed by atoms with Crippen molar-refractivity contribution in [3.8, 4) is 5.75 Å². The number of nitrogens with zero attached hydrogens (tertiary/aromatic N) is 2. The SMILES string of the molecule is C=C/C=C\c1nc(Cn2cc(C(N)=O)c3ccc(OC)cc32)ccc1C.CC(O)OC(CO)CC(O)CO. The van der Waals surface area contributed by atoms with E-state index in [0.717, 1.165) is 33.6 Å². The molecule has 3 unspecified atom stereocenters. The number of rotatable bonds is 12. The van der Waals surface area contributed by atoms with Gasteiger partial charge in [0.25, 0.3) is 5.91 Å². The van der Waals surface area contributed by atoms with Crippen LogP contribution in [0.2, 0.25) is 0 Å². The number of methoxy groups -OCH3 is 1. The lowest BCUT2D eigenvalue weighted by atomic mass is 10.1. The van der Waals surface area contributed by atoms with E-state index in [1.165, 1.54) is 6.92 Å². The molecule has 0 fully saturated rings. The average molecular weight is 528 g/mol. The molecule has 0 radical (unpaired) electrons. The van der Waals surface area contributed by atoms with Crippen molar-refractivity contribution in [1.29, 1.82) is 0 Å². The van der Waals surface area contributed by atoms with Crippen LogP contribution in [0.25, 0.3) is 17.0 Å². The van der Waals surface area contributed by atoms with Crippen LogP contribution in [0, 0.1) is 6.92 Å². The van der Waals surface area contributed by atoms with Gasteiger partial charge in [-0.05, 0) is 43.7 Å². The zero-order valence-electron chi connectivity index (χ0n) is 21.9. The Balaban J connectivity index is 0.000000358. The van der Waals surface area contributed by atoms with Gasteiger partial charge in [0.15, 0.2) is 6.29 Å². The highest BCUT2D eigenvalue weighted by Gasteiger charge is 2.16. The van der Waals surface area contributed by atoms with Crippen LogP contribution in [0.1, 0.15) is 40.7 Å². The van der Waals surface area contributed by atoms with Crippen molar-refractivity contribution >= 4 is 22.9 Å². The van der Waals surface area contributed by atoms with E-state index in [4.69, 9.17) is 40.6 Å². The van der Waals surface area contributed by atoms with Crippen molar-refractivity contribution in [3.05, 3.63) is 77.8 Å². The van der Waals surface area contributed by atoms with Gasteiger partial charge in [-0.2, -0.15) is 0 Å². The summed E-state index contributed by atoms with van der Waals surface area (Å²) in [5, 5.41) is 35.7. The number of benzene rings is 1. The quantitative estimate of drug-likeness (QED) is 0.177. The topological polar surface area (TPSA) is 160 Å². The van der Waals surface area contributed by atoms with Crippen LogP contribution >= 0.6 is 0 Å². The Labute approximate surface area is 222 Å². The van der Waals surface area contributed by atoms with Gasteiger partial charge in [0.1, 0.15) is 5.75 Å². The Morgan fingerprint density at radius 3 is 2.53 bits per heavy atom. The third-order valence-electron chi connectivity index (χ3n) is 5.61. The average Bonchev–Trinajstić information content (AvgIpc) is 3.26. The molecule has 0 saturated heterocycles. The maximum atomic E-state index is 11.8. The Bertz CT molecular complexity index is 1240. The number of aliphatic hydroxyl groups excluding tert-OH is 4. The summed E-state index contributed by atoms with van der Waals surface area (Å²) in [5.74, 6) is 0.268. The number of primary amides is 1. The Kier molecular flexibility index (Phi) is 12.1. The van der Waals surface area contributed by atoms with Crippen LogP contribution in [0.4, 0.5) is 0 Å². The fourth-order valence-corrected chi connectivity index (χ4v) is 3.73. The summed E-state index contributed by atoms with van der Waals surface area (Å²) in [7, 11) is 1.61. The van der Waals surface area contributed by atoms with Gasteiger partial charge in [-0.25, -0.2) is 0 Å². The highest BCUT2D eigenvalue weighted by molar-refractivity contribution is 6.06. The van der Waals surface area contributed by atoms with Crippen molar-refractivity contribution < 1.29 is 34.7 Å². The minimum atomic E-state index is -0.979. The van der Waals surface area contributed by atoms with Gasteiger partial charge in [0.05, 0.1) is 61.5 Å². The molecule has 206 valence electrons.